The first kappa shape index (κ1) is 20.5. The van der Waals surface area contributed by atoms with Crippen LogP contribution in [0.4, 0.5) is 11.4 Å². The van der Waals surface area contributed by atoms with Gasteiger partial charge in [-0.3, -0.25) is 10.1 Å². The number of rotatable bonds is 7. The Hall–Kier alpha value is -3.74. The summed E-state index contributed by atoms with van der Waals surface area (Å²) in [4.78, 5) is 13.4. The van der Waals surface area contributed by atoms with Gasteiger partial charge < -0.3 is 19.1 Å². The van der Waals surface area contributed by atoms with Crippen LogP contribution >= 0.6 is 0 Å². The van der Waals surface area contributed by atoms with Crippen LogP contribution in [0.3, 0.4) is 0 Å². The number of methoxy groups -OCH3 is 2. The average molecular weight is 420 g/mol. The van der Waals surface area contributed by atoms with Gasteiger partial charge in [-0.05, 0) is 41.3 Å². The molecule has 0 radical (unpaired) electrons. The molecular weight excluding hydrogens is 396 g/mol. The van der Waals surface area contributed by atoms with E-state index in [1.165, 1.54) is 6.07 Å². The van der Waals surface area contributed by atoms with Crippen molar-refractivity contribution in [3.63, 3.8) is 0 Å². The van der Waals surface area contributed by atoms with E-state index < -0.39 is 0 Å². The summed E-state index contributed by atoms with van der Waals surface area (Å²) in [5.74, 6) is 1.94. The molecule has 7 heteroatoms. The van der Waals surface area contributed by atoms with E-state index in [1.54, 1.807) is 26.4 Å². The summed E-state index contributed by atoms with van der Waals surface area (Å²) < 4.78 is 16.7. The van der Waals surface area contributed by atoms with Gasteiger partial charge in [-0.1, -0.05) is 30.3 Å². The lowest BCUT2D eigenvalue weighted by molar-refractivity contribution is -0.384. The maximum absolute atomic E-state index is 11.7. The SMILES string of the molecule is COc1cc2c(cc1OC)CN(c1cc(OCc3ccccc3)ccc1[N+](=O)[O-])CC2. The number of nitrogens with zero attached hydrogens (tertiary/aromatic N) is 2. The molecule has 1 heterocycles. The number of hydrogen-bond acceptors (Lipinski definition) is 6. The molecule has 1 aliphatic rings. The third-order valence-electron chi connectivity index (χ3n) is 5.45. The van der Waals surface area contributed by atoms with Crippen LogP contribution in [0.2, 0.25) is 0 Å². The minimum Gasteiger partial charge on any atom is -0.493 e. The highest BCUT2D eigenvalue weighted by atomic mass is 16.6. The molecule has 0 aliphatic carbocycles. The van der Waals surface area contributed by atoms with E-state index in [1.807, 2.05) is 47.4 Å². The number of anilines is 1. The fourth-order valence-electron chi connectivity index (χ4n) is 3.83. The summed E-state index contributed by atoms with van der Waals surface area (Å²) in [6, 6.07) is 18.7. The van der Waals surface area contributed by atoms with Crippen molar-refractivity contribution in [2.45, 2.75) is 19.6 Å². The lowest BCUT2D eigenvalue weighted by Gasteiger charge is -2.31. The number of fused-ring (bicyclic) bond motifs is 1. The number of hydrogen-bond donors (Lipinski definition) is 0. The van der Waals surface area contributed by atoms with E-state index in [-0.39, 0.29) is 10.6 Å². The molecule has 0 atom stereocenters. The van der Waals surface area contributed by atoms with Gasteiger partial charge in [0, 0.05) is 25.2 Å². The fraction of sp³-hybridized carbons (Fsp3) is 0.250. The molecule has 3 aromatic carbocycles. The van der Waals surface area contributed by atoms with Crippen molar-refractivity contribution in [1.29, 1.82) is 0 Å². The molecule has 31 heavy (non-hydrogen) atoms. The highest BCUT2D eigenvalue weighted by Gasteiger charge is 2.25. The Morgan fingerprint density at radius 1 is 0.968 bits per heavy atom. The Morgan fingerprint density at radius 2 is 1.68 bits per heavy atom. The van der Waals surface area contributed by atoms with Crippen molar-refractivity contribution in [2.75, 3.05) is 25.7 Å². The lowest BCUT2D eigenvalue weighted by atomic mass is 9.98. The zero-order valence-corrected chi connectivity index (χ0v) is 17.5. The van der Waals surface area contributed by atoms with E-state index in [0.717, 1.165) is 23.1 Å². The molecule has 1 aliphatic heterocycles. The van der Waals surface area contributed by atoms with Crippen molar-refractivity contribution >= 4 is 11.4 Å². The number of ether oxygens (including phenoxy) is 3. The number of benzene rings is 3. The second kappa shape index (κ2) is 8.95. The molecule has 0 unspecified atom stereocenters. The smallest absolute Gasteiger partial charge is 0.292 e. The minimum atomic E-state index is -0.347. The van der Waals surface area contributed by atoms with Crippen LogP contribution in [0.5, 0.6) is 17.2 Å². The van der Waals surface area contributed by atoms with Crippen molar-refractivity contribution in [2.24, 2.45) is 0 Å². The molecule has 0 N–H and O–H groups in total. The van der Waals surface area contributed by atoms with E-state index >= 15 is 0 Å². The number of nitro groups is 1. The van der Waals surface area contributed by atoms with Crippen LogP contribution in [0, 0.1) is 10.1 Å². The summed E-state index contributed by atoms with van der Waals surface area (Å²) >= 11 is 0. The maximum Gasteiger partial charge on any atom is 0.292 e. The van der Waals surface area contributed by atoms with Crippen LogP contribution in [0.15, 0.2) is 60.7 Å². The first-order chi connectivity index (χ1) is 15.1. The second-order valence-electron chi connectivity index (χ2n) is 7.33. The van der Waals surface area contributed by atoms with Gasteiger partial charge in [-0.25, -0.2) is 0 Å². The van der Waals surface area contributed by atoms with Crippen LogP contribution in [-0.4, -0.2) is 25.7 Å². The topological polar surface area (TPSA) is 74.1 Å². The monoisotopic (exact) mass is 420 g/mol. The quantitative estimate of drug-likeness (QED) is 0.406. The third-order valence-corrected chi connectivity index (χ3v) is 5.45. The first-order valence-corrected chi connectivity index (χ1v) is 10.0. The van der Waals surface area contributed by atoms with E-state index in [9.17, 15) is 10.1 Å². The third kappa shape index (κ3) is 4.40. The van der Waals surface area contributed by atoms with Crippen molar-refractivity contribution < 1.29 is 19.1 Å². The zero-order valence-electron chi connectivity index (χ0n) is 17.5. The summed E-state index contributed by atoms with van der Waals surface area (Å²) in [6.45, 7) is 1.60. The summed E-state index contributed by atoms with van der Waals surface area (Å²) in [5.41, 5.74) is 3.88. The van der Waals surface area contributed by atoms with Crippen molar-refractivity contribution in [1.82, 2.24) is 0 Å². The minimum absolute atomic E-state index is 0.0657. The fourth-order valence-corrected chi connectivity index (χ4v) is 3.83. The van der Waals surface area contributed by atoms with Crippen LogP contribution in [-0.2, 0) is 19.6 Å². The Balaban J connectivity index is 1.61. The Labute approximate surface area is 180 Å². The van der Waals surface area contributed by atoms with Crippen LogP contribution in [0.1, 0.15) is 16.7 Å². The molecule has 3 aromatic rings. The van der Waals surface area contributed by atoms with Gasteiger partial charge >= 0.3 is 0 Å². The van der Waals surface area contributed by atoms with Gasteiger partial charge in [0.2, 0.25) is 0 Å². The molecule has 0 saturated carbocycles. The molecule has 0 spiro atoms. The van der Waals surface area contributed by atoms with Crippen molar-refractivity contribution in [3.8, 4) is 17.2 Å². The first-order valence-electron chi connectivity index (χ1n) is 10.0. The molecule has 0 amide bonds. The second-order valence-corrected chi connectivity index (χ2v) is 7.33. The molecule has 7 nitrogen and oxygen atoms in total. The largest absolute Gasteiger partial charge is 0.493 e. The van der Waals surface area contributed by atoms with Gasteiger partial charge in [-0.15, -0.1) is 0 Å². The predicted molar refractivity (Wildman–Crippen MR) is 118 cm³/mol. The molecule has 4 rings (SSSR count). The van der Waals surface area contributed by atoms with Crippen LogP contribution in [0.25, 0.3) is 0 Å². The van der Waals surface area contributed by atoms with Gasteiger partial charge in [0.25, 0.3) is 5.69 Å². The van der Waals surface area contributed by atoms with Gasteiger partial charge in [0.05, 0.1) is 19.1 Å². The number of nitro benzene ring substituents is 1. The predicted octanol–water partition coefficient (Wildman–Crippen LogP) is 4.75. The zero-order chi connectivity index (χ0) is 21.8. The lowest BCUT2D eigenvalue weighted by Crippen LogP contribution is -2.31. The Morgan fingerprint density at radius 3 is 2.35 bits per heavy atom. The van der Waals surface area contributed by atoms with E-state index in [4.69, 9.17) is 14.2 Å². The van der Waals surface area contributed by atoms with Gasteiger partial charge in [0.15, 0.2) is 11.5 Å². The highest BCUT2D eigenvalue weighted by Crippen LogP contribution is 2.38. The summed E-state index contributed by atoms with van der Waals surface area (Å²) in [7, 11) is 3.22. The summed E-state index contributed by atoms with van der Waals surface area (Å²) in [6.07, 6.45) is 0.752. The maximum atomic E-state index is 11.7. The van der Waals surface area contributed by atoms with Gasteiger partial charge in [-0.2, -0.15) is 0 Å². The highest BCUT2D eigenvalue weighted by molar-refractivity contribution is 5.67. The normalized spacial score (nSPS) is 12.8. The molecule has 0 fully saturated rings. The van der Waals surface area contributed by atoms with Crippen molar-refractivity contribution in [3.05, 3.63) is 87.5 Å². The molecule has 0 bridgehead atoms. The van der Waals surface area contributed by atoms with Crippen LogP contribution < -0.4 is 19.1 Å². The molecule has 0 aromatic heterocycles. The molecule has 0 saturated heterocycles. The molecular formula is C24H24N2O5. The van der Waals surface area contributed by atoms with Gasteiger partial charge in [0.1, 0.15) is 18.0 Å². The summed E-state index contributed by atoms with van der Waals surface area (Å²) in [5, 5.41) is 11.7. The standard InChI is InChI=1S/C24H24N2O5/c1-29-23-12-18-10-11-25(15-19(18)13-24(23)30-2)22-14-20(8-9-21(22)26(27)28)31-16-17-6-4-3-5-7-17/h3-9,12-14H,10-11,15-16H2,1-2H3. The Kier molecular flexibility index (Phi) is 5.93. The van der Waals surface area contributed by atoms with E-state index in [0.29, 0.717) is 42.6 Å². The van der Waals surface area contributed by atoms with E-state index in [2.05, 4.69) is 0 Å². The molecule has 160 valence electrons. The average Bonchev–Trinajstić information content (AvgIpc) is 2.81. The Bertz CT molecular complexity index is 1080.